The first-order valence-corrected chi connectivity index (χ1v) is 32.7. The van der Waals surface area contributed by atoms with E-state index in [1.807, 2.05) is 65.0 Å². The van der Waals surface area contributed by atoms with Gasteiger partial charge in [0.2, 0.25) is 41.4 Å². The lowest BCUT2D eigenvalue weighted by molar-refractivity contribution is -0.148. The maximum absolute atomic E-state index is 14.9. The average molecular weight is 1300 g/mol. The molecule has 12 atom stereocenters. The van der Waals surface area contributed by atoms with Crippen LogP contribution in [0.2, 0.25) is 0 Å². The number of anilines is 1. The Morgan fingerprint density at radius 1 is 0.774 bits per heavy atom. The second-order valence-electron chi connectivity index (χ2n) is 25.3. The molecule has 4 aliphatic rings. The molecular formula is C67H99N11O15. The molecule has 0 unspecified atom stereocenters. The monoisotopic (exact) mass is 1300 g/mol. The van der Waals surface area contributed by atoms with E-state index in [2.05, 4.69) is 31.9 Å². The number of fused-ring (bicyclic) bond motifs is 2. The molecule has 512 valence electrons. The van der Waals surface area contributed by atoms with Crippen molar-refractivity contribution in [2.45, 2.75) is 186 Å². The Bertz CT molecular complexity index is 2900. The summed E-state index contributed by atoms with van der Waals surface area (Å²) in [5.41, 5.74) is 7.19. The molecule has 93 heavy (non-hydrogen) atoms. The van der Waals surface area contributed by atoms with Crippen molar-refractivity contribution in [1.82, 2.24) is 46.2 Å². The standard InChI is InChI=1S/C67H99N11O15/c1-10-42(4)59(52(91-8)37-57(83)76-34-18-22-51(76)61(92-9)43(5)62(84)72-48(40-90-7)35-44-19-13-11-14-20-44)75(6)65(87)58(41(2)3)74-64(86)60-46-26-29-49(36-46)78(60)67(89)93-39-45-24-27-47(28-25-45)71-63(85)50(21-17-32-69-66(68)88)73-54(80)38-70-53(79)23-15-12-16-33-77-55(81)30-31-56(77)82/h11,13-14,19-20,24-25,27-28,30-31,41-43,46,48-52,58-61H,10,12,15-18,21-23,26,29,32-40H2,1-9H3,(H,70,79)(H,71,85)(H,72,84)(H,73,80)(H,74,86)(H3,68,69,88)/t42-,43+,46-,48-,49+,50-,51-,52+,58-,59-,60-,61+/m0/s1. The third-order valence-electron chi connectivity index (χ3n) is 18.4. The van der Waals surface area contributed by atoms with Crippen LogP contribution in [0.25, 0.3) is 0 Å². The predicted octanol–water partition coefficient (Wildman–Crippen LogP) is 4.08. The summed E-state index contributed by atoms with van der Waals surface area (Å²) in [6.45, 7) is 10.1. The number of imide groups is 1. The number of benzene rings is 2. The number of rotatable bonds is 37. The van der Waals surface area contributed by atoms with Gasteiger partial charge in [-0.3, -0.25) is 53.0 Å². The summed E-state index contributed by atoms with van der Waals surface area (Å²) in [5.74, 6) is -4.90. The quantitative estimate of drug-likeness (QED) is 0.0370. The van der Waals surface area contributed by atoms with Crippen LogP contribution in [0.5, 0.6) is 0 Å². The molecule has 8 N–H and O–H groups in total. The van der Waals surface area contributed by atoms with E-state index < -0.39 is 90.6 Å². The molecule has 2 aromatic rings. The second-order valence-corrected chi connectivity index (χ2v) is 25.3. The number of nitrogens with one attached hydrogen (secondary N) is 6. The van der Waals surface area contributed by atoms with Crippen LogP contribution in [-0.2, 0) is 75.1 Å². The molecule has 1 aliphatic carbocycles. The Hall–Kier alpha value is -7.97. The van der Waals surface area contributed by atoms with Crippen molar-refractivity contribution in [1.29, 1.82) is 0 Å². The highest BCUT2D eigenvalue weighted by molar-refractivity contribution is 6.12. The number of piperidine rings is 1. The van der Waals surface area contributed by atoms with Gasteiger partial charge in [-0.15, -0.1) is 0 Å². The number of nitrogens with zero attached hydrogens (tertiary/aromatic N) is 4. The summed E-state index contributed by atoms with van der Waals surface area (Å²) in [5, 5.41) is 16.6. The highest BCUT2D eigenvalue weighted by Crippen LogP contribution is 2.43. The minimum absolute atomic E-state index is 0.0571. The number of hydrogen-bond donors (Lipinski definition) is 7. The molecule has 12 amide bonds. The number of primary amides is 1. The second kappa shape index (κ2) is 36.5. The van der Waals surface area contributed by atoms with Crippen molar-refractivity contribution in [3.63, 3.8) is 0 Å². The van der Waals surface area contributed by atoms with Crippen LogP contribution < -0.4 is 37.6 Å². The lowest BCUT2D eigenvalue weighted by atomic mass is 9.89. The van der Waals surface area contributed by atoms with Gasteiger partial charge in [-0.1, -0.05) is 89.9 Å². The summed E-state index contributed by atoms with van der Waals surface area (Å²) < 4.78 is 23.5. The number of carbonyl (C=O) groups excluding carboxylic acids is 11. The fourth-order valence-electron chi connectivity index (χ4n) is 13.3. The Balaban J connectivity index is 1.02. The van der Waals surface area contributed by atoms with Crippen molar-refractivity contribution in [2.24, 2.45) is 29.4 Å². The highest BCUT2D eigenvalue weighted by Gasteiger charge is 2.53. The lowest BCUT2D eigenvalue weighted by Gasteiger charge is -2.41. The number of hydrogen-bond acceptors (Lipinski definition) is 15. The number of nitrogens with two attached hydrogens (primary N) is 1. The summed E-state index contributed by atoms with van der Waals surface area (Å²) in [4.78, 5) is 152. The molecule has 6 rings (SSSR count). The summed E-state index contributed by atoms with van der Waals surface area (Å²) in [7, 11) is 6.35. The van der Waals surface area contributed by atoms with Crippen LogP contribution in [-0.4, -0.2) is 201 Å². The smallest absolute Gasteiger partial charge is 0.411 e. The zero-order valence-corrected chi connectivity index (χ0v) is 55.5. The normalized spacial score (nSPS) is 20.0. The van der Waals surface area contributed by atoms with Gasteiger partial charge in [0.05, 0.1) is 55.8 Å². The van der Waals surface area contributed by atoms with E-state index >= 15 is 0 Å². The molecule has 26 heteroatoms. The van der Waals surface area contributed by atoms with Crippen molar-refractivity contribution in [3.8, 4) is 0 Å². The van der Waals surface area contributed by atoms with E-state index in [9.17, 15) is 52.7 Å². The molecule has 26 nitrogen and oxygen atoms in total. The number of likely N-dealkylation sites (tertiary alicyclic amines) is 2. The Labute approximate surface area is 546 Å². The fourth-order valence-corrected chi connectivity index (χ4v) is 13.3. The summed E-state index contributed by atoms with van der Waals surface area (Å²) >= 11 is 0. The van der Waals surface area contributed by atoms with Gasteiger partial charge in [-0.2, -0.15) is 0 Å². The van der Waals surface area contributed by atoms with Gasteiger partial charge in [0, 0.05) is 78.3 Å². The Morgan fingerprint density at radius 3 is 2.13 bits per heavy atom. The molecule has 3 aliphatic heterocycles. The average Bonchev–Trinajstić information content (AvgIpc) is 1.64. The van der Waals surface area contributed by atoms with E-state index in [0.717, 1.165) is 10.5 Å². The number of methoxy groups -OCH3 is 3. The number of ether oxygens (including phenoxy) is 4. The summed E-state index contributed by atoms with van der Waals surface area (Å²) in [6, 6.07) is 11.1. The highest BCUT2D eigenvalue weighted by atomic mass is 16.6. The molecule has 2 aromatic carbocycles. The zero-order valence-electron chi connectivity index (χ0n) is 55.5. The SMILES string of the molecule is CC[C@H](C)[C@@H]([C@@H](CC(=O)N1CCC[C@H]1[C@H](OC)[C@@H](C)C(=O)N[C@H](COC)Cc1ccccc1)OC)N(C)C(=O)[C@@H](NC(=O)[C@@H]1[C@H]2CC[C@H](C2)N1C(=O)OCc1ccc(NC(=O)[C@H](CCCNC(N)=O)NC(=O)CNC(=O)CCCCCN2C(=O)C=CC2=O)cc1)C(C)C. The largest absolute Gasteiger partial charge is 0.445 e. The molecule has 2 bridgehead atoms. The van der Waals surface area contributed by atoms with Crippen LogP contribution in [0.3, 0.4) is 0 Å². The Kier molecular flexibility index (Phi) is 29.0. The third-order valence-corrected chi connectivity index (χ3v) is 18.4. The van der Waals surface area contributed by atoms with Crippen molar-refractivity contribution in [3.05, 3.63) is 77.9 Å². The molecular weight excluding hydrogens is 1200 g/mol. The lowest BCUT2D eigenvalue weighted by Crippen LogP contribution is -2.60. The minimum atomic E-state index is -1.08. The van der Waals surface area contributed by atoms with E-state index in [4.69, 9.17) is 24.7 Å². The van der Waals surface area contributed by atoms with Crippen LogP contribution >= 0.6 is 0 Å². The number of unbranched alkanes of at least 4 members (excludes halogenated alkanes) is 2. The fraction of sp³-hybridized carbons (Fsp3) is 0.627. The van der Waals surface area contributed by atoms with Crippen molar-refractivity contribution >= 4 is 71.0 Å². The van der Waals surface area contributed by atoms with Gasteiger partial charge < -0.3 is 66.4 Å². The van der Waals surface area contributed by atoms with Gasteiger partial charge >= 0.3 is 12.1 Å². The van der Waals surface area contributed by atoms with Gasteiger partial charge in [-0.25, -0.2) is 9.59 Å². The molecule has 0 spiro atoms. The molecule has 3 heterocycles. The number of urea groups is 1. The maximum atomic E-state index is 14.9. The maximum Gasteiger partial charge on any atom is 0.411 e. The van der Waals surface area contributed by atoms with E-state index in [-0.39, 0.29) is 105 Å². The molecule has 0 aromatic heterocycles. The number of likely N-dealkylation sites (N-methyl/N-ethyl adjacent to an activating group) is 1. The van der Waals surface area contributed by atoms with Crippen LogP contribution in [0, 0.1) is 23.7 Å². The first kappa shape index (κ1) is 74.1. The molecule has 3 fully saturated rings. The van der Waals surface area contributed by atoms with Crippen LogP contribution in [0.4, 0.5) is 15.3 Å². The van der Waals surface area contributed by atoms with Crippen LogP contribution in [0.1, 0.15) is 129 Å². The molecule has 0 radical (unpaired) electrons. The van der Waals surface area contributed by atoms with Crippen molar-refractivity contribution < 1.29 is 71.7 Å². The van der Waals surface area contributed by atoms with E-state index in [1.165, 1.54) is 24.2 Å². The Morgan fingerprint density at radius 2 is 1.48 bits per heavy atom. The van der Waals surface area contributed by atoms with Gasteiger partial charge in [0.15, 0.2) is 0 Å². The first-order valence-electron chi connectivity index (χ1n) is 32.7. The van der Waals surface area contributed by atoms with E-state index in [0.29, 0.717) is 88.6 Å². The first-order chi connectivity index (χ1) is 44.5. The predicted molar refractivity (Wildman–Crippen MR) is 345 cm³/mol. The van der Waals surface area contributed by atoms with Crippen molar-refractivity contribution in [2.75, 3.05) is 66.5 Å². The number of amides is 12. The van der Waals surface area contributed by atoms with Crippen LogP contribution in [0.15, 0.2) is 66.7 Å². The number of carbonyl (C=O) groups is 11. The van der Waals surface area contributed by atoms with Gasteiger partial charge in [-0.05, 0) is 105 Å². The topological polar surface area (TPSA) is 336 Å². The zero-order chi connectivity index (χ0) is 67.9. The van der Waals surface area contributed by atoms with E-state index in [1.54, 1.807) is 55.3 Å². The minimum Gasteiger partial charge on any atom is -0.445 e. The summed E-state index contributed by atoms with van der Waals surface area (Å²) in [6.07, 6.45) is 6.88. The molecule has 1 saturated carbocycles. The molecule has 2 saturated heterocycles. The van der Waals surface area contributed by atoms with Gasteiger partial charge in [0.25, 0.3) is 11.8 Å². The van der Waals surface area contributed by atoms with Gasteiger partial charge in [0.1, 0.15) is 24.7 Å². The third kappa shape index (κ3) is 21.0.